The van der Waals surface area contributed by atoms with Crippen LogP contribution in [0, 0.1) is 0 Å². The standard InChI is InChI=1S/C10H13Cl2N3OSi/c1-17(2,3)16-6-15-5-4-7-8(11)13-10(12)14-9(7)15/h4-5H,6H2,1-3H3. The zero-order chi connectivity index (χ0) is 12.6. The summed E-state index contributed by atoms with van der Waals surface area (Å²) in [6, 6.07) is 1.86. The zero-order valence-electron chi connectivity index (χ0n) is 9.87. The highest BCUT2D eigenvalue weighted by Gasteiger charge is 2.15. The number of hydrogen-bond donors (Lipinski definition) is 0. The lowest BCUT2D eigenvalue weighted by Gasteiger charge is -2.17. The number of aromatic nitrogens is 3. The van der Waals surface area contributed by atoms with Gasteiger partial charge < -0.3 is 8.99 Å². The van der Waals surface area contributed by atoms with E-state index in [4.69, 9.17) is 27.6 Å². The maximum Gasteiger partial charge on any atom is 0.225 e. The predicted octanol–water partition coefficient (Wildman–Crippen LogP) is 3.55. The van der Waals surface area contributed by atoms with Crippen molar-refractivity contribution in [1.82, 2.24) is 14.5 Å². The quantitative estimate of drug-likeness (QED) is 0.493. The van der Waals surface area contributed by atoms with Gasteiger partial charge in [0.2, 0.25) is 5.28 Å². The molecule has 0 aromatic carbocycles. The summed E-state index contributed by atoms with van der Waals surface area (Å²) in [4.78, 5) is 8.06. The van der Waals surface area contributed by atoms with E-state index in [1.54, 1.807) is 0 Å². The molecule has 0 aliphatic carbocycles. The van der Waals surface area contributed by atoms with Crippen LogP contribution in [0.2, 0.25) is 30.1 Å². The van der Waals surface area contributed by atoms with Gasteiger partial charge >= 0.3 is 0 Å². The molecule has 4 nitrogen and oxygen atoms in total. The van der Waals surface area contributed by atoms with E-state index in [-0.39, 0.29) is 5.28 Å². The Morgan fingerprint density at radius 2 is 2.00 bits per heavy atom. The SMILES string of the molecule is C[Si](C)(C)OCn1ccc2c(Cl)nc(Cl)nc21. The summed E-state index contributed by atoms with van der Waals surface area (Å²) in [5.41, 5.74) is 0.702. The van der Waals surface area contributed by atoms with E-state index < -0.39 is 8.32 Å². The Balaban J connectivity index is 2.36. The Morgan fingerprint density at radius 1 is 1.29 bits per heavy atom. The number of nitrogens with zero attached hydrogens (tertiary/aromatic N) is 3. The third kappa shape index (κ3) is 2.98. The molecule has 0 amide bonds. The summed E-state index contributed by atoms with van der Waals surface area (Å²) in [7, 11) is -1.56. The molecule has 0 radical (unpaired) electrons. The van der Waals surface area contributed by atoms with E-state index in [1.807, 2.05) is 16.8 Å². The van der Waals surface area contributed by atoms with E-state index in [2.05, 4.69) is 29.6 Å². The summed E-state index contributed by atoms with van der Waals surface area (Å²) in [6.45, 7) is 6.86. The number of halogens is 2. The van der Waals surface area contributed by atoms with Crippen LogP contribution in [0.25, 0.3) is 11.0 Å². The van der Waals surface area contributed by atoms with Gasteiger partial charge in [-0.25, -0.2) is 4.98 Å². The number of rotatable bonds is 3. The first-order valence-corrected chi connectivity index (χ1v) is 9.35. The van der Waals surface area contributed by atoms with Crippen molar-refractivity contribution in [3.8, 4) is 0 Å². The second-order valence-corrected chi connectivity index (χ2v) is 9.90. The molecule has 0 fully saturated rings. The van der Waals surface area contributed by atoms with Crippen molar-refractivity contribution < 1.29 is 4.43 Å². The maximum atomic E-state index is 5.98. The molecular weight excluding hydrogens is 277 g/mol. The van der Waals surface area contributed by atoms with Gasteiger partial charge in [0.15, 0.2) is 8.32 Å². The molecule has 0 bridgehead atoms. The van der Waals surface area contributed by atoms with Gasteiger partial charge in [-0.1, -0.05) is 11.6 Å². The van der Waals surface area contributed by atoms with Crippen LogP contribution >= 0.6 is 23.2 Å². The van der Waals surface area contributed by atoms with Crippen molar-refractivity contribution >= 4 is 42.6 Å². The van der Waals surface area contributed by atoms with Gasteiger partial charge in [0.25, 0.3) is 0 Å². The van der Waals surface area contributed by atoms with Crippen LogP contribution in [0.1, 0.15) is 0 Å². The Kier molecular flexibility index (Phi) is 3.45. The van der Waals surface area contributed by atoms with Crippen molar-refractivity contribution in [1.29, 1.82) is 0 Å². The molecule has 0 spiro atoms. The maximum absolute atomic E-state index is 5.98. The minimum Gasteiger partial charge on any atom is -0.400 e. The second kappa shape index (κ2) is 4.57. The van der Waals surface area contributed by atoms with Gasteiger partial charge in [-0.05, 0) is 37.3 Å². The fraction of sp³-hybridized carbons (Fsp3) is 0.400. The van der Waals surface area contributed by atoms with Crippen molar-refractivity contribution in [3.63, 3.8) is 0 Å². The number of hydrogen-bond acceptors (Lipinski definition) is 3. The van der Waals surface area contributed by atoms with E-state index >= 15 is 0 Å². The highest BCUT2D eigenvalue weighted by molar-refractivity contribution is 6.69. The highest BCUT2D eigenvalue weighted by Crippen LogP contribution is 2.23. The van der Waals surface area contributed by atoms with Crippen LogP contribution in [0.15, 0.2) is 12.3 Å². The van der Waals surface area contributed by atoms with Crippen molar-refractivity contribution in [2.45, 2.75) is 26.4 Å². The lowest BCUT2D eigenvalue weighted by Crippen LogP contribution is -2.26. The van der Waals surface area contributed by atoms with Crippen LogP contribution < -0.4 is 0 Å². The summed E-state index contributed by atoms with van der Waals surface area (Å²) in [6.07, 6.45) is 1.88. The van der Waals surface area contributed by atoms with Crippen molar-refractivity contribution in [3.05, 3.63) is 22.7 Å². The largest absolute Gasteiger partial charge is 0.400 e. The normalized spacial score (nSPS) is 12.3. The molecule has 17 heavy (non-hydrogen) atoms. The van der Waals surface area contributed by atoms with Gasteiger partial charge in [-0.15, -0.1) is 0 Å². The summed E-state index contributed by atoms with van der Waals surface area (Å²) in [5, 5.41) is 1.30. The summed E-state index contributed by atoms with van der Waals surface area (Å²) in [5.74, 6) is 0. The monoisotopic (exact) mass is 289 g/mol. The molecule has 2 heterocycles. The van der Waals surface area contributed by atoms with Crippen LogP contribution in [-0.4, -0.2) is 22.9 Å². The topological polar surface area (TPSA) is 39.9 Å². The fourth-order valence-electron chi connectivity index (χ4n) is 1.37. The fourth-order valence-corrected chi connectivity index (χ4v) is 2.33. The molecule has 0 saturated carbocycles. The van der Waals surface area contributed by atoms with Crippen molar-refractivity contribution in [2.75, 3.05) is 0 Å². The average molecular weight is 290 g/mol. The molecule has 0 saturated heterocycles. The van der Waals surface area contributed by atoms with E-state index in [0.29, 0.717) is 17.5 Å². The molecule has 0 aliphatic heterocycles. The van der Waals surface area contributed by atoms with Gasteiger partial charge in [0.05, 0.1) is 5.39 Å². The lowest BCUT2D eigenvalue weighted by atomic mass is 10.4. The molecule has 2 aromatic heterocycles. The summed E-state index contributed by atoms with van der Waals surface area (Å²) >= 11 is 11.8. The van der Waals surface area contributed by atoms with Gasteiger partial charge in [-0.2, -0.15) is 4.98 Å². The first kappa shape index (κ1) is 12.8. The third-order valence-corrected chi connectivity index (χ3v) is 3.63. The third-order valence-electron chi connectivity index (χ3n) is 2.18. The molecule has 92 valence electrons. The Bertz CT molecular complexity index is 550. The smallest absolute Gasteiger partial charge is 0.225 e. The van der Waals surface area contributed by atoms with Crippen LogP contribution in [-0.2, 0) is 11.2 Å². The first-order chi connectivity index (χ1) is 7.87. The minimum absolute atomic E-state index is 0.149. The molecule has 0 atom stereocenters. The first-order valence-electron chi connectivity index (χ1n) is 5.19. The summed E-state index contributed by atoms with van der Waals surface area (Å²) < 4.78 is 7.70. The molecule has 2 aromatic rings. The van der Waals surface area contributed by atoms with E-state index in [0.717, 1.165) is 5.39 Å². The van der Waals surface area contributed by atoms with Crippen LogP contribution in [0.4, 0.5) is 0 Å². The molecule has 7 heteroatoms. The predicted molar refractivity (Wildman–Crippen MR) is 72.0 cm³/mol. The molecule has 0 N–H and O–H groups in total. The van der Waals surface area contributed by atoms with E-state index in [9.17, 15) is 0 Å². The minimum atomic E-state index is -1.56. The number of fused-ring (bicyclic) bond motifs is 1. The Morgan fingerprint density at radius 3 is 2.65 bits per heavy atom. The van der Waals surface area contributed by atoms with Gasteiger partial charge in [0.1, 0.15) is 17.5 Å². The Hall–Kier alpha value is -0.623. The average Bonchev–Trinajstić information content (AvgIpc) is 2.57. The van der Waals surface area contributed by atoms with Crippen LogP contribution in [0.5, 0.6) is 0 Å². The highest BCUT2D eigenvalue weighted by atomic mass is 35.5. The molecule has 2 rings (SSSR count). The second-order valence-electron chi connectivity index (χ2n) is 4.69. The van der Waals surface area contributed by atoms with Gasteiger partial charge in [-0.3, -0.25) is 0 Å². The zero-order valence-corrected chi connectivity index (χ0v) is 12.4. The lowest BCUT2D eigenvalue weighted by molar-refractivity contribution is 0.233. The van der Waals surface area contributed by atoms with E-state index in [1.165, 1.54) is 0 Å². The molecular formula is C10H13Cl2N3OSi. The molecule has 0 aliphatic rings. The van der Waals surface area contributed by atoms with Crippen LogP contribution in [0.3, 0.4) is 0 Å². The molecule has 0 unspecified atom stereocenters. The Labute approximate surface area is 111 Å². The van der Waals surface area contributed by atoms with Gasteiger partial charge in [0, 0.05) is 6.20 Å². The van der Waals surface area contributed by atoms with Crippen molar-refractivity contribution in [2.24, 2.45) is 0 Å².